The molecular formula is C23H21N3O2. The summed E-state index contributed by atoms with van der Waals surface area (Å²) in [5.74, 6) is 0.609. The summed E-state index contributed by atoms with van der Waals surface area (Å²) in [5, 5.41) is 0. The molecule has 0 aliphatic rings. The Morgan fingerprint density at radius 1 is 1.04 bits per heavy atom. The molecule has 140 valence electrons. The molecule has 4 rings (SSSR count). The second-order valence-electron chi connectivity index (χ2n) is 6.66. The first kappa shape index (κ1) is 17.8. The molecule has 0 fully saturated rings. The van der Waals surface area contributed by atoms with Crippen LogP contribution in [0.3, 0.4) is 0 Å². The molecule has 2 aromatic heterocycles. The Hall–Kier alpha value is -3.60. The summed E-state index contributed by atoms with van der Waals surface area (Å²) in [6.07, 6.45) is 3.89. The Morgan fingerprint density at radius 2 is 1.86 bits per heavy atom. The molecule has 0 saturated carbocycles. The van der Waals surface area contributed by atoms with Crippen LogP contribution < -0.4 is 4.74 Å². The van der Waals surface area contributed by atoms with Crippen molar-refractivity contribution in [3.63, 3.8) is 0 Å². The fourth-order valence-electron chi connectivity index (χ4n) is 3.08. The summed E-state index contributed by atoms with van der Waals surface area (Å²) in [7, 11) is 1.81. The molecule has 5 heteroatoms. The van der Waals surface area contributed by atoms with E-state index in [1.807, 2.05) is 83.5 Å². The van der Waals surface area contributed by atoms with Crippen molar-refractivity contribution in [3.8, 4) is 5.75 Å². The molecule has 0 aliphatic carbocycles. The normalized spacial score (nSPS) is 10.8. The first-order chi connectivity index (χ1) is 13.7. The highest BCUT2D eigenvalue weighted by Gasteiger charge is 2.13. The molecule has 1 amide bonds. The Bertz CT molecular complexity index is 1060. The van der Waals surface area contributed by atoms with Crippen LogP contribution in [0.4, 0.5) is 0 Å². The summed E-state index contributed by atoms with van der Waals surface area (Å²) in [6.45, 7) is 0.908. The molecular weight excluding hydrogens is 350 g/mol. The SMILES string of the molecule is CN(Cc1ccccc1)C(=O)c1cccc(OCc2cn3ccccc3n2)c1. The summed E-state index contributed by atoms with van der Waals surface area (Å²) in [5.41, 5.74) is 3.42. The second-order valence-corrected chi connectivity index (χ2v) is 6.66. The van der Waals surface area contributed by atoms with Crippen molar-refractivity contribution in [2.45, 2.75) is 13.2 Å². The van der Waals surface area contributed by atoms with Gasteiger partial charge < -0.3 is 14.0 Å². The van der Waals surface area contributed by atoms with Gasteiger partial charge in [0.25, 0.3) is 5.91 Å². The molecule has 0 saturated heterocycles. The topological polar surface area (TPSA) is 46.8 Å². The molecule has 0 unspecified atom stereocenters. The van der Waals surface area contributed by atoms with Crippen LogP contribution in [0.5, 0.6) is 5.75 Å². The van der Waals surface area contributed by atoms with Gasteiger partial charge in [-0.25, -0.2) is 4.98 Å². The minimum atomic E-state index is -0.0398. The zero-order chi connectivity index (χ0) is 19.3. The fraction of sp³-hybridized carbons (Fsp3) is 0.130. The van der Waals surface area contributed by atoms with Crippen molar-refractivity contribution in [1.82, 2.24) is 14.3 Å². The summed E-state index contributed by atoms with van der Waals surface area (Å²) < 4.78 is 7.82. The van der Waals surface area contributed by atoms with Crippen molar-refractivity contribution in [1.29, 1.82) is 0 Å². The summed E-state index contributed by atoms with van der Waals surface area (Å²) in [4.78, 5) is 19.0. The van der Waals surface area contributed by atoms with E-state index in [1.54, 1.807) is 18.0 Å². The van der Waals surface area contributed by atoms with Gasteiger partial charge in [0.1, 0.15) is 18.0 Å². The van der Waals surface area contributed by atoms with Gasteiger partial charge in [-0.15, -0.1) is 0 Å². The van der Waals surface area contributed by atoms with E-state index in [9.17, 15) is 4.79 Å². The number of nitrogens with zero attached hydrogens (tertiary/aromatic N) is 3. The van der Waals surface area contributed by atoms with E-state index in [0.717, 1.165) is 16.9 Å². The highest BCUT2D eigenvalue weighted by molar-refractivity contribution is 5.94. The number of pyridine rings is 1. The van der Waals surface area contributed by atoms with Crippen LogP contribution in [-0.2, 0) is 13.2 Å². The highest BCUT2D eigenvalue weighted by Crippen LogP contribution is 2.17. The van der Waals surface area contributed by atoms with Gasteiger partial charge in [0.05, 0.1) is 5.69 Å². The smallest absolute Gasteiger partial charge is 0.254 e. The lowest BCUT2D eigenvalue weighted by Crippen LogP contribution is -2.26. The van der Waals surface area contributed by atoms with Gasteiger partial charge in [-0.1, -0.05) is 42.5 Å². The zero-order valence-electron chi connectivity index (χ0n) is 15.7. The van der Waals surface area contributed by atoms with Gasteiger partial charge in [0, 0.05) is 31.5 Å². The molecule has 2 aromatic carbocycles. The lowest BCUT2D eigenvalue weighted by atomic mass is 10.1. The van der Waals surface area contributed by atoms with E-state index < -0.39 is 0 Å². The van der Waals surface area contributed by atoms with Crippen molar-refractivity contribution in [2.75, 3.05) is 7.05 Å². The molecule has 0 bridgehead atoms. The molecule has 0 N–H and O–H groups in total. The first-order valence-corrected chi connectivity index (χ1v) is 9.14. The average Bonchev–Trinajstić information content (AvgIpc) is 3.16. The van der Waals surface area contributed by atoms with E-state index in [0.29, 0.717) is 24.5 Å². The molecule has 0 aliphatic heterocycles. The van der Waals surface area contributed by atoms with Crippen LogP contribution in [-0.4, -0.2) is 27.2 Å². The molecule has 2 heterocycles. The summed E-state index contributed by atoms with van der Waals surface area (Å²) >= 11 is 0. The van der Waals surface area contributed by atoms with Crippen LogP contribution in [0.2, 0.25) is 0 Å². The molecule has 0 radical (unpaired) electrons. The maximum Gasteiger partial charge on any atom is 0.254 e. The lowest BCUT2D eigenvalue weighted by Gasteiger charge is -2.17. The third-order valence-corrected chi connectivity index (χ3v) is 4.49. The van der Waals surface area contributed by atoms with Crippen molar-refractivity contribution in [2.24, 2.45) is 0 Å². The van der Waals surface area contributed by atoms with Gasteiger partial charge in [-0.05, 0) is 35.9 Å². The maximum atomic E-state index is 12.7. The lowest BCUT2D eigenvalue weighted by molar-refractivity contribution is 0.0784. The number of rotatable bonds is 6. The van der Waals surface area contributed by atoms with Crippen molar-refractivity contribution in [3.05, 3.63) is 102 Å². The van der Waals surface area contributed by atoms with Crippen LogP contribution in [0.1, 0.15) is 21.6 Å². The van der Waals surface area contributed by atoms with Crippen LogP contribution in [0, 0.1) is 0 Å². The van der Waals surface area contributed by atoms with E-state index in [4.69, 9.17) is 4.74 Å². The van der Waals surface area contributed by atoms with Gasteiger partial charge in [-0.2, -0.15) is 0 Å². The Morgan fingerprint density at radius 3 is 2.68 bits per heavy atom. The maximum absolute atomic E-state index is 12.7. The van der Waals surface area contributed by atoms with Crippen LogP contribution >= 0.6 is 0 Å². The standard InChI is InChI=1S/C23H21N3O2/c1-25(15-18-8-3-2-4-9-18)23(27)19-10-7-11-21(14-19)28-17-20-16-26-13-6-5-12-22(26)24-20/h2-14,16H,15,17H2,1H3. The number of ether oxygens (including phenoxy) is 1. The Kier molecular flexibility index (Phi) is 5.06. The number of carbonyl (C=O) groups is 1. The molecule has 0 spiro atoms. The molecule has 4 aromatic rings. The number of hydrogen-bond donors (Lipinski definition) is 0. The van der Waals surface area contributed by atoms with Gasteiger partial charge in [-0.3, -0.25) is 4.79 Å². The number of carbonyl (C=O) groups excluding carboxylic acids is 1. The van der Waals surface area contributed by atoms with E-state index in [2.05, 4.69) is 4.98 Å². The number of benzene rings is 2. The second kappa shape index (κ2) is 7.96. The van der Waals surface area contributed by atoms with E-state index in [1.165, 1.54) is 0 Å². The third kappa shape index (κ3) is 4.04. The average molecular weight is 371 g/mol. The largest absolute Gasteiger partial charge is 0.487 e. The van der Waals surface area contributed by atoms with E-state index >= 15 is 0 Å². The van der Waals surface area contributed by atoms with Crippen LogP contribution in [0.25, 0.3) is 5.65 Å². The number of aromatic nitrogens is 2. The van der Waals surface area contributed by atoms with Crippen LogP contribution in [0.15, 0.2) is 85.2 Å². The first-order valence-electron chi connectivity index (χ1n) is 9.14. The molecule has 0 atom stereocenters. The van der Waals surface area contributed by atoms with E-state index in [-0.39, 0.29) is 5.91 Å². The number of hydrogen-bond acceptors (Lipinski definition) is 3. The molecule has 28 heavy (non-hydrogen) atoms. The zero-order valence-corrected chi connectivity index (χ0v) is 15.7. The third-order valence-electron chi connectivity index (χ3n) is 4.49. The Labute approximate surface area is 163 Å². The van der Waals surface area contributed by atoms with Crippen molar-refractivity contribution < 1.29 is 9.53 Å². The van der Waals surface area contributed by atoms with Gasteiger partial charge >= 0.3 is 0 Å². The fourth-order valence-corrected chi connectivity index (χ4v) is 3.08. The van der Waals surface area contributed by atoms with Gasteiger partial charge in [0.2, 0.25) is 0 Å². The summed E-state index contributed by atoms with van der Waals surface area (Å²) in [6, 6.07) is 23.1. The predicted octanol–water partition coefficient (Wildman–Crippen LogP) is 4.19. The minimum Gasteiger partial charge on any atom is -0.487 e. The van der Waals surface area contributed by atoms with Gasteiger partial charge in [0.15, 0.2) is 0 Å². The predicted molar refractivity (Wildman–Crippen MR) is 108 cm³/mol. The minimum absolute atomic E-state index is 0.0398. The quantitative estimate of drug-likeness (QED) is 0.511. The Balaban J connectivity index is 1.42. The van der Waals surface area contributed by atoms with Crippen molar-refractivity contribution >= 4 is 11.6 Å². The molecule has 5 nitrogen and oxygen atoms in total. The number of imidazole rings is 1. The number of amides is 1. The highest BCUT2D eigenvalue weighted by atomic mass is 16.5. The monoisotopic (exact) mass is 371 g/mol. The number of fused-ring (bicyclic) bond motifs is 1.